The molecule has 0 bridgehead atoms. The molecule has 0 atom stereocenters. The van der Waals surface area contributed by atoms with E-state index in [0.29, 0.717) is 0 Å². The van der Waals surface area contributed by atoms with Gasteiger partial charge < -0.3 is 0 Å². The zero-order valence-electron chi connectivity index (χ0n) is 8.20. The summed E-state index contributed by atoms with van der Waals surface area (Å²) in [5, 5.41) is 3.88. The van der Waals surface area contributed by atoms with Gasteiger partial charge in [-0.1, -0.05) is 31.0 Å². The average molecular weight is 202 g/mol. The molecule has 72 valence electrons. The zero-order valence-corrected chi connectivity index (χ0v) is 9.02. The first-order valence-electron chi connectivity index (χ1n) is 5.41. The van der Waals surface area contributed by atoms with Crippen molar-refractivity contribution in [3.8, 4) is 0 Å². The molecule has 1 aromatic heterocycles. The fraction of sp³-hybridized carbons (Fsp3) is 0.385. The van der Waals surface area contributed by atoms with E-state index >= 15 is 0 Å². The van der Waals surface area contributed by atoms with E-state index in [-0.39, 0.29) is 0 Å². The number of thiophene rings is 1. The van der Waals surface area contributed by atoms with Gasteiger partial charge in [0, 0.05) is 4.70 Å². The van der Waals surface area contributed by atoms with Crippen LogP contribution in [0.15, 0.2) is 29.6 Å². The Balaban J connectivity index is 2.11. The molecular formula is C13H14S. The van der Waals surface area contributed by atoms with Gasteiger partial charge in [-0.05, 0) is 41.2 Å². The van der Waals surface area contributed by atoms with Crippen molar-refractivity contribution in [1.82, 2.24) is 0 Å². The van der Waals surface area contributed by atoms with Crippen LogP contribution >= 0.6 is 11.3 Å². The normalized spacial score (nSPS) is 18.0. The minimum atomic E-state index is 0.853. The summed E-state index contributed by atoms with van der Waals surface area (Å²) in [7, 11) is 0. The predicted molar refractivity (Wildman–Crippen MR) is 63.0 cm³/mol. The molecule has 2 aromatic rings. The Bertz CT molecular complexity index is 435. The highest BCUT2D eigenvalue weighted by Crippen LogP contribution is 2.39. The Morgan fingerprint density at radius 1 is 1.07 bits per heavy atom. The fourth-order valence-electron chi connectivity index (χ4n) is 2.55. The summed E-state index contributed by atoms with van der Waals surface area (Å²) < 4.78 is 1.45. The van der Waals surface area contributed by atoms with Crippen molar-refractivity contribution in [3.05, 3.63) is 35.2 Å². The monoisotopic (exact) mass is 202 g/mol. The van der Waals surface area contributed by atoms with Crippen LogP contribution in [-0.2, 0) is 0 Å². The van der Waals surface area contributed by atoms with Crippen molar-refractivity contribution in [2.75, 3.05) is 0 Å². The second-order valence-corrected chi connectivity index (χ2v) is 5.08. The molecule has 0 aliphatic heterocycles. The van der Waals surface area contributed by atoms with Crippen LogP contribution in [0.1, 0.15) is 37.2 Å². The van der Waals surface area contributed by atoms with E-state index in [0.717, 1.165) is 5.92 Å². The van der Waals surface area contributed by atoms with Gasteiger partial charge in [0.05, 0.1) is 0 Å². The maximum atomic E-state index is 2.38. The molecule has 1 saturated carbocycles. The summed E-state index contributed by atoms with van der Waals surface area (Å²) in [4.78, 5) is 0. The summed E-state index contributed by atoms with van der Waals surface area (Å²) in [6, 6.07) is 8.81. The SMILES string of the molecule is c1ccc2c(C3CCCC3)csc2c1. The Labute approximate surface area is 88.6 Å². The van der Waals surface area contributed by atoms with Gasteiger partial charge in [0.1, 0.15) is 0 Å². The molecule has 1 heteroatoms. The molecule has 1 aliphatic rings. The van der Waals surface area contributed by atoms with Gasteiger partial charge >= 0.3 is 0 Å². The number of hydrogen-bond donors (Lipinski definition) is 0. The van der Waals surface area contributed by atoms with Gasteiger partial charge in [-0.15, -0.1) is 11.3 Å². The third-order valence-corrected chi connectivity index (χ3v) is 4.29. The second-order valence-electron chi connectivity index (χ2n) is 4.17. The van der Waals surface area contributed by atoms with Crippen molar-refractivity contribution in [3.63, 3.8) is 0 Å². The molecule has 1 aromatic carbocycles. The van der Waals surface area contributed by atoms with Gasteiger partial charge in [-0.25, -0.2) is 0 Å². The third kappa shape index (κ3) is 1.27. The minimum Gasteiger partial charge on any atom is -0.144 e. The molecule has 0 N–H and O–H groups in total. The predicted octanol–water partition coefficient (Wildman–Crippen LogP) is 4.56. The van der Waals surface area contributed by atoms with E-state index in [1.165, 1.54) is 35.8 Å². The smallest absolute Gasteiger partial charge is 0.0345 e. The first-order valence-corrected chi connectivity index (χ1v) is 6.29. The lowest BCUT2D eigenvalue weighted by molar-refractivity contribution is 0.732. The molecule has 0 unspecified atom stereocenters. The number of rotatable bonds is 1. The van der Waals surface area contributed by atoms with Crippen molar-refractivity contribution < 1.29 is 0 Å². The molecule has 14 heavy (non-hydrogen) atoms. The van der Waals surface area contributed by atoms with Crippen molar-refractivity contribution in [2.45, 2.75) is 31.6 Å². The van der Waals surface area contributed by atoms with Crippen molar-refractivity contribution in [2.24, 2.45) is 0 Å². The van der Waals surface area contributed by atoms with Crippen LogP contribution in [0, 0.1) is 0 Å². The number of benzene rings is 1. The molecule has 1 heterocycles. The topological polar surface area (TPSA) is 0 Å². The summed E-state index contributed by atoms with van der Waals surface area (Å²) in [5.74, 6) is 0.853. The molecule has 0 amide bonds. The first kappa shape index (κ1) is 8.49. The van der Waals surface area contributed by atoms with E-state index < -0.39 is 0 Å². The van der Waals surface area contributed by atoms with E-state index in [4.69, 9.17) is 0 Å². The molecule has 0 saturated heterocycles. The van der Waals surface area contributed by atoms with Crippen LogP contribution < -0.4 is 0 Å². The highest BCUT2D eigenvalue weighted by molar-refractivity contribution is 7.17. The quantitative estimate of drug-likeness (QED) is 0.636. The number of hydrogen-bond acceptors (Lipinski definition) is 1. The highest BCUT2D eigenvalue weighted by atomic mass is 32.1. The van der Waals surface area contributed by atoms with E-state index in [9.17, 15) is 0 Å². The fourth-order valence-corrected chi connectivity index (χ4v) is 3.59. The minimum absolute atomic E-state index is 0.853. The Morgan fingerprint density at radius 3 is 2.71 bits per heavy atom. The summed E-state index contributed by atoms with van der Waals surface area (Å²) >= 11 is 1.90. The largest absolute Gasteiger partial charge is 0.144 e. The van der Waals surface area contributed by atoms with E-state index in [2.05, 4.69) is 29.6 Å². The third-order valence-electron chi connectivity index (χ3n) is 3.31. The molecule has 0 spiro atoms. The number of fused-ring (bicyclic) bond motifs is 1. The van der Waals surface area contributed by atoms with E-state index in [1.54, 1.807) is 5.56 Å². The lowest BCUT2D eigenvalue weighted by atomic mass is 9.97. The molecule has 0 radical (unpaired) electrons. The lowest BCUT2D eigenvalue weighted by Crippen LogP contribution is -1.89. The lowest BCUT2D eigenvalue weighted by Gasteiger charge is -2.06. The van der Waals surface area contributed by atoms with Crippen LogP contribution in [0.3, 0.4) is 0 Å². The Hall–Kier alpha value is -0.820. The van der Waals surface area contributed by atoms with Crippen LogP contribution in [0.4, 0.5) is 0 Å². The second kappa shape index (κ2) is 3.39. The Kier molecular flexibility index (Phi) is 2.06. The highest BCUT2D eigenvalue weighted by Gasteiger charge is 2.19. The van der Waals surface area contributed by atoms with Crippen molar-refractivity contribution in [1.29, 1.82) is 0 Å². The van der Waals surface area contributed by atoms with Gasteiger partial charge in [0.15, 0.2) is 0 Å². The molecule has 1 fully saturated rings. The molecule has 0 nitrogen and oxygen atoms in total. The first-order chi connectivity index (χ1) is 6.95. The van der Waals surface area contributed by atoms with Crippen LogP contribution in [0.5, 0.6) is 0 Å². The maximum Gasteiger partial charge on any atom is 0.0345 e. The van der Waals surface area contributed by atoms with E-state index in [1.807, 2.05) is 11.3 Å². The Morgan fingerprint density at radius 2 is 1.86 bits per heavy atom. The van der Waals surface area contributed by atoms with Crippen LogP contribution in [0.25, 0.3) is 10.1 Å². The average Bonchev–Trinajstić information content (AvgIpc) is 2.85. The molecule has 1 aliphatic carbocycles. The van der Waals surface area contributed by atoms with Gasteiger partial charge in [-0.3, -0.25) is 0 Å². The molecule has 3 rings (SSSR count). The standard InChI is InChI=1S/C13H14S/c1-2-6-10(5-1)12-9-14-13-8-4-3-7-11(12)13/h3-4,7-10H,1-2,5-6H2. The zero-order chi connectivity index (χ0) is 9.38. The molecular weight excluding hydrogens is 188 g/mol. The van der Waals surface area contributed by atoms with Crippen LogP contribution in [0.2, 0.25) is 0 Å². The summed E-state index contributed by atoms with van der Waals surface area (Å²) in [6.45, 7) is 0. The van der Waals surface area contributed by atoms with Crippen molar-refractivity contribution >= 4 is 21.4 Å². The summed E-state index contributed by atoms with van der Waals surface area (Å²) in [5.41, 5.74) is 1.61. The van der Waals surface area contributed by atoms with Gasteiger partial charge in [0.25, 0.3) is 0 Å². The summed E-state index contributed by atoms with van der Waals surface area (Å²) in [6.07, 6.45) is 5.66. The van der Waals surface area contributed by atoms with Crippen LogP contribution in [-0.4, -0.2) is 0 Å². The van der Waals surface area contributed by atoms with Gasteiger partial charge in [0.2, 0.25) is 0 Å². The van der Waals surface area contributed by atoms with Gasteiger partial charge in [-0.2, -0.15) is 0 Å². The maximum absolute atomic E-state index is 2.38.